The van der Waals surface area contributed by atoms with E-state index in [1.807, 2.05) is 0 Å². The van der Waals surface area contributed by atoms with Gasteiger partial charge in [-0.1, -0.05) is 4.86 Å². The highest BCUT2D eigenvalue weighted by atomic mass is 16.7. The summed E-state index contributed by atoms with van der Waals surface area (Å²) in [5, 5.41) is 35.8. The minimum absolute atomic E-state index is 0.120. The molecule has 10 heteroatoms. The maximum absolute atomic E-state index is 10.8. The summed E-state index contributed by atoms with van der Waals surface area (Å²) in [5.41, 5.74) is 1.61. The summed E-state index contributed by atoms with van der Waals surface area (Å²) in [7, 11) is 0. The van der Waals surface area contributed by atoms with Crippen LogP contribution in [-0.2, 0) is 0 Å². The van der Waals surface area contributed by atoms with Gasteiger partial charge in [-0.25, -0.2) is 10.1 Å². The van der Waals surface area contributed by atoms with Gasteiger partial charge in [0, 0.05) is 18.5 Å². The number of nitro groups is 1. The molecule has 1 aliphatic rings. The molecule has 1 fully saturated rings. The van der Waals surface area contributed by atoms with E-state index in [1.165, 1.54) is 0 Å². The first-order chi connectivity index (χ1) is 6.65. The number of rotatable bonds is 3. The molecule has 0 radical (unpaired) electrons. The molecule has 10 nitrogen and oxygen atoms in total. The fourth-order valence-corrected chi connectivity index (χ4v) is 0.930. The lowest BCUT2D eigenvalue weighted by Gasteiger charge is -2.05. The molecule has 1 heterocycles. The minimum Gasteiger partial charge on any atom is -0.688 e. The molecule has 0 saturated carbocycles. The lowest BCUT2D eigenvalue weighted by atomic mass is 10.6. The Balaban J connectivity index is 2.91. The van der Waals surface area contributed by atoms with Crippen molar-refractivity contribution in [1.82, 2.24) is 16.1 Å². The van der Waals surface area contributed by atoms with Crippen molar-refractivity contribution in [1.29, 1.82) is 0 Å². The van der Waals surface area contributed by atoms with Crippen molar-refractivity contribution in [2.24, 2.45) is 5.28 Å². The molecule has 78 valence electrons. The van der Waals surface area contributed by atoms with Crippen molar-refractivity contribution < 1.29 is 15.1 Å². The average Bonchev–Trinajstić information content (AvgIpc) is 2.65. The number of hydrogen-bond donors (Lipinski definition) is 4. The largest absolute Gasteiger partial charge is 0.688 e. The van der Waals surface area contributed by atoms with E-state index in [0.29, 0.717) is 13.1 Å². The van der Waals surface area contributed by atoms with Gasteiger partial charge in [0.05, 0.1) is 0 Å². The van der Waals surface area contributed by atoms with Crippen LogP contribution in [0.25, 0.3) is 0 Å². The topological polar surface area (TPSA) is 138 Å². The summed E-state index contributed by atoms with van der Waals surface area (Å²) in [5.74, 6) is -0.385. The molecule has 4 N–H and O–H groups in total. The average molecular weight is 204 g/mol. The molecule has 0 aromatic heterocycles. The van der Waals surface area contributed by atoms with Crippen LogP contribution in [0.5, 0.6) is 0 Å². The van der Waals surface area contributed by atoms with Gasteiger partial charge in [-0.2, -0.15) is 0 Å². The van der Waals surface area contributed by atoms with Crippen molar-refractivity contribution in [2.75, 3.05) is 13.1 Å². The molecule has 0 bridgehead atoms. The Bertz CT molecular complexity index is 290. The molecule has 0 unspecified atom stereocenters. The molecule has 1 saturated heterocycles. The zero-order valence-electron chi connectivity index (χ0n) is 6.93. The maximum Gasteiger partial charge on any atom is 0.406 e. The third-order valence-electron chi connectivity index (χ3n) is 1.44. The summed E-state index contributed by atoms with van der Waals surface area (Å²) in [6.45, 7) is 1.05. The Morgan fingerprint density at radius 1 is 1.50 bits per heavy atom. The van der Waals surface area contributed by atoms with Crippen LogP contribution in [0.15, 0.2) is 16.9 Å². The number of hydrogen-bond acceptors (Lipinski definition) is 6. The first kappa shape index (κ1) is 9.83. The molecule has 14 heavy (non-hydrogen) atoms. The van der Waals surface area contributed by atoms with Gasteiger partial charge in [0.1, 0.15) is 5.28 Å². The Morgan fingerprint density at radius 3 is 2.50 bits per heavy atom. The van der Waals surface area contributed by atoms with Gasteiger partial charge in [0.15, 0.2) is 5.82 Å². The van der Waals surface area contributed by atoms with Crippen LogP contribution in [-0.4, -0.2) is 28.2 Å². The van der Waals surface area contributed by atoms with Crippen LogP contribution in [0.2, 0.25) is 0 Å². The summed E-state index contributed by atoms with van der Waals surface area (Å²) in [6.07, 6.45) is 0. The monoisotopic (exact) mass is 204 g/mol. The van der Waals surface area contributed by atoms with E-state index in [0.717, 1.165) is 0 Å². The quantitative estimate of drug-likeness (QED) is 0.189. The molecule has 0 aromatic carbocycles. The smallest absolute Gasteiger partial charge is 0.406 e. The third kappa shape index (κ3) is 2.12. The summed E-state index contributed by atoms with van der Waals surface area (Å²) < 4.78 is 0. The molecular formula is C4H8N6O4. The second-order valence-electron chi connectivity index (χ2n) is 2.31. The van der Waals surface area contributed by atoms with E-state index in [1.54, 1.807) is 5.43 Å². The van der Waals surface area contributed by atoms with Crippen molar-refractivity contribution in [3.63, 3.8) is 0 Å². The Morgan fingerprint density at radius 2 is 2.07 bits per heavy atom. The second-order valence-corrected chi connectivity index (χ2v) is 2.31. The fraction of sp³-hybridized carbons (Fsp3) is 0.500. The Hall–Kier alpha value is -2.26. The van der Waals surface area contributed by atoms with Crippen LogP contribution < -0.4 is 16.1 Å². The van der Waals surface area contributed by atoms with Crippen LogP contribution in [0.4, 0.5) is 0 Å². The third-order valence-corrected chi connectivity index (χ3v) is 1.44. The molecule has 0 aromatic rings. The molecular weight excluding hydrogens is 196 g/mol. The van der Waals surface area contributed by atoms with Gasteiger partial charge in [-0.05, 0) is 0 Å². The minimum atomic E-state index is -0.930. The van der Waals surface area contributed by atoms with Gasteiger partial charge in [0.25, 0.3) is 0 Å². The van der Waals surface area contributed by atoms with Crippen molar-refractivity contribution in [3.8, 4) is 0 Å². The number of nitrogens with one attached hydrogen (secondary N) is 3. The maximum atomic E-state index is 10.8. The first-order valence-electron chi connectivity index (χ1n) is 3.60. The lowest BCUT2D eigenvalue weighted by Crippen LogP contribution is -2.32. The normalized spacial score (nSPS) is 15.7. The lowest BCUT2D eigenvalue weighted by molar-refractivity contribution is -0.600. The molecule has 1 aliphatic heterocycles. The Kier molecular flexibility index (Phi) is 2.89. The number of nitrogens with zero attached hydrogens (tertiary/aromatic N) is 3. The summed E-state index contributed by atoms with van der Waals surface area (Å²) in [4.78, 5) is 9.80. The number of hydroxylamine groups is 1. The summed E-state index contributed by atoms with van der Waals surface area (Å²) in [6, 6.07) is 0. The van der Waals surface area contributed by atoms with Crippen LogP contribution in [0, 0.1) is 15.3 Å². The van der Waals surface area contributed by atoms with Gasteiger partial charge in [-0.15, -0.1) is 0 Å². The molecule has 0 spiro atoms. The Labute approximate surface area is 77.6 Å². The van der Waals surface area contributed by atoms with Gasteiger partial charge in [-0.3, -0.25) is 0 Å². The summed E-state index contributed by atoms with van der Waals surface area (Å²) >= 11 is 0. The zero-order chi connectivity index (χ0) is 10.6. The number of hydrazine groups is 1. The molecule has 0 aliphatic carbocycles. The highest BCUT2D eigenvalue weighted by molar-refractivity contribution is 5.04. The van der Waals surface area contributed by atoms with Crippen molar-refractivity contribution >= 4 is 0 Å². The second kappa shape index (κ2) is 4.11. The standard InChI is InChI=1S/C4H8N6O4/c11-8-9(12)4(7-10(13)14)3-5-1-2-6-3/h5-7,11H,1-2H2/b9-8-. The molecule has 1 rings (SSSR count). The van der Waals surface area contributed by atoms with Gasteiger partial charge >= 0.3 is 5.82 Å². The van der Waals surface area contributed by atoms with Crippen LogP contribution in [0.3, 0.4) is 0 Å². The van der Waals surface area contributed by atoms with Crippen LogP contribution in [0.1, 0.15) is 0 Å². The fourth-order valence-electron chi connectivity index (χ4n) is 0.930. The van der Waals surface area contributed by atoms with E-state index in [4.69, 9.17) is 5.21 Å². The van der Waals surface area contributed by atoms with E-state index >= 15 is 0 Å². The SMILES string of the molecule is O=[N+]([O-])NC(=C1NCCN1)/[N+]([O-])=N/O. The zero-order valence-corrected chi connectivity index (χ0v) is 6.93. The highest BCUT2D eigenvalue weighted by Gasteiger charge is 2.24. The van der Waals surface area contributed by atoms with E-state index < -0.39 is 10.9 Å². The van der Waals surface area contributed by atoms with E-state index in [2.05, 4.69) is 15.9 Å². The van der Waals surface area contributed by atoms with Gasteiger partial charge in [0.2, 0.25) is 5.03 Å². The van der Waals surface area contributed by atoms with Crippen molar-refractivity contribution in [3.05, 3.63) is 27.0 Å². The van der Waals surface area contributed by atoms with Crippen LogP contribution >= 0.6 is 0 Å². The van der Waals surface area contributed by atoms with E-state index in [9.17, 15) is 15.3 Å². The molecule has 0 amide bonds. The van der Waals surface area contributed by atoms with E-state index in [-0.39, 0.29) is 10.7 Å². The van der Waals surface area contributed by atoms with Crippen molar-refractivity contribution in [2.45, 2.75) is 0 Å². The first-order valence-corrected chi connectivity index (χ1v) is 3.60. The highest BCUT2D eigenvalue weighted by Crippen LogP contribution is 2.00. The molecule has 0 atom stereocenters. The predicted molar refractivity (Wildman–Crippen MR) is 41.0 cm³/mol. The predicted octanol–water partition coefficient (Wildman–Crippen LogP) is -1.56. The van der Waals surface area contributed by atoms with Gasteiger partial charge < -0.3 is 21.0 Å².